The molecule has 0 aliphatic heterocycles. The molecule has 1 atom stereocenters. The maximum absolute atomic E-state index is 12.8. The van der Waals surface area contributed by atoms with Gasteiger partial charge in [-0.15, -0.1) is 0 Å². The van der Waals surface area contributed by atoms with Crippen molar-refractivity contribution in [1.82, 2.24) is 0 Å². The third-order valence-electron chi connectivity index (χ3n) is 14.3. The molecule has 0 bridgehead atoms. The van der Waals surface area contributed by atoms with Crippen LogP contribution in [-0.4, -0.2) is 37.2 Å². The number of esters is 3. The van der Waals surface area contributed by atoms with E-state index in [-0.39, 0.29) is 31.1 Å². The maximum Gasteiger partial charge on any atom is 0.306 e. The van der Waals surface area contributed by atoms with Crippen molar-refractivity contribution < 1.29 is 28.6 Å². The van der Waals surface area contributed by atoms with Crippen LogP contribution in [0.25, 0.3) is 0 Å². The van der Waals surface area contributed by atoms with Crippen molar-refractivity contribution in [3.05, 3.63) is 48.6 Å². The molecule has 0 fully saturated rings. The van der Waals surface area contributed by atoms with E-state index in [0.717, 1.165) is 96.3 Å². The molecule has 0 aromatic carbocycles. The van der Waals surface area contributed by atoms with Gasteiger partial charge in [0.25, 0.3) is 0 Å². The summed E-state index contributed by atoms with van der Waals surface area (Å²) >= 11 is 0. The standard InChI is InChI=1S/C67H122O6/c1-4-7-10-13-16-19-21-23-25-27-28-29-30-31-32-33-34-35-36-37-38-39-41-42-44-46-48-51-54-57-60-66(69)72-63-64(62-71-65(68)59-56-53-50-18-15-12-9-6-3)73-67(70)61-58-55-52-49-47-45-43-40-26-24-22-20-17-14-11-8-5-2/h8,11,17,20,24,26,43,45,64H,4-7,9-10,12-16,18-19,21-23,25,27-42,44,46-63H2,1-3H3/b11-8-,20-17-,26-24-,45-43-. The molecule has 0 heterocycles. The minimum absolute atomic E-state index is 0.0793. The fourth-order valence-electron chi connectivity index (χ4n) is 9.56. The fourth-order valence-corrected chi connectivity index (χ4v) is 9.56. The van der Waals surface area contributed by atoms with Gasteiger partial charge in [0, 0.05) is 19.3 Å². The van der Waals surface area contributed by atoms with Gasteiger partial charge in [0.05, 0.1) is 0 Å². The molecule has 1 unspecified atom stereocenters. The Bertz CT molecular complexity index is 1270. The van der Waals surface area contributed by atoms with Gasteiger partial charge in [0.2, 0.25) is 0 Å². The molecular formula is C67H122O6. The van der Waals surface area contributed by atoms with Crippen molar-refractivity contribution in [2.45, 2.75) is 348 Å². The summed E-state index contributed by atoms with van der Waals surface area (Å²) < 4.78 is 16.8. The predicted molar refractivity (Wildman–Crippen MR) is 316 cm³/mol. The maximum atomic E-state index is 12.8. The lowest BCUT2D eigenvalue weighted by Gasteiger charge is -2.18. The van der Waals surface area contributed by atoms with E-state index in [0.29, 0.717) is 19.3 Å². The normalized spacial score (nSPS) is 12.3. The van der Waals surface area contributed by atoms with Crippen molar-refractivity contribution in [1.29, 1.82) is 0 Å². The van der Waals surface area contributed by atoms with Crippen molar-refractivity contribution in [2.75, 3.05) is 13.2 Å². The van der Waals surface area contributed by atoms with Crippen LogP contribution in [0.3, 0.4) is 0 Å². The van der Waals surface area contributed by atoms with Gasteiger partial charge in [-0.1, -0.05) is 313 Å². The average molecular weight is 1020 g/mol. The molecule has 0 N–H and O–H groups in total. The van der Waals surface area contributed by atoms with Crippen LogP contribution in [0.2, 0.25) is 0 Å². The van der Waals surface area contributed by atoms with Crippen LogP contribution in [0, 0.1) is 0 Å². The number of ether oxygens (including phenoxy) is 3. The monoisotopic (exact) mass is 1020 g/mol. The van der Waals surface area contributed by atoms with E-state index in [1.165, 1.54) is 205 Å². The minimum Gasteiger partial charge on any atom is -0.462 e. The summed E-state index contributed by atoms with van der Waals surface area (Å²) in [5.41, 5.74) is 0. The highest BCUT2D eigenvalue weighted by molar-refractivity contribution is 5.71. The summed E-state index contributed by atoms with van der Waals surface area (Å²) in [6, 6.07) is 0. The molecule has 0 aliphatic carbocycles. The Balaban J connectivity index is 4.06. The van der Waals surface area contributed by atoms with Gasteiger partial charge in [-0.05, 0) is 57.8 Å². The number of hydrogen-bond acceptors (Lipinski definition) is 6. The molecule has 6 heteroatoms. The number of hydrogen-bond donors (Lipinski definition) is 0. The van der Waals surface area contributed by atoms with Crippen LogP contribution in [-0.2, 0) is 28.6 Å². The molecular weight excluding hydrogens is 901 g/mol. The molecule has 0 amide bonds. The molecule has 0 aliphatic rings. The second-order valence-electron chi connectivity index (χ2n) is 21.7. The van der Waals surface area contributed by atoms with E-state index < -0.39 is 6.10 Å². The van der Waals surface area contributed by atoms with E-state index in [2.05, 4.69) is 69.4 Å². The molecule has 6 nitrogen and oxygen atoms in total. The third kappa shape index (κ3) is 60.1. The Hall–Kier alpha value is -2.63. The summed E-state index contributed by atoms with van der Waals surface area (Å²) in [6.07, 6.45) is 77.3. The van der Waals surface area contributed by atoms with Crippen LogP contribution < -0.4 is 0 Å². The molecule has 0 radical (unpaired) electrons. The number of carbonyl (C=O) groups excluding carboxylic acids is 3. The lowest BCUT2D eigenvalue weighted by Crippen LogP contribution is -2.30. The Labute approximate surface area is 454 Å². The van der Waals surface area contributed by atoms with Gasteiger partial charge >= 0.3 is 17.9 Å². The highest BCUT2D eigenvalue weighted by Gasteiger charge is 2.19. The summed E-state index contributed by atoms with van der Waals surface area (Å²) in [4.78, 5) is 38.1. The Morgan fingerprint density at radius 1 is 0.288 bits per heavy atom. The van der Waals surface area contributed by atoms with Gasteiger partial charge in [-0.2, -0.15) is 0 Å². The van der Waals surface area contributed by atoms with Gasteiger partial charge in [-0.25, -0.2) is 0 Å². The quantitative estimate of drug-likeness (QED) is 0.0261. The molecule has 73 heavy (non-hydrogen) atoms. The van der Waals surface area contributed by atoms with E-state index in [1.54, 1.807) is 0 Å². The number of rotatable bonds is 59. The van der Waals surface area contributed by atoms with E-state index in [1.807, 2.05) is 0 Å². The molecule has 426 valence electrons. The van der Waals surface area contributed by atoms with Crippen LogP contribution >= 0.6 is 0 Å². The van der Waals surface area contributed by atoms with E-state index in [9.17, 15) is 14.4 Å². The lowest BCUT2D eigenvalue weighted by atomic mass is 10.0. The Morgan fingerprint density at radius 3 is 0.836 bits per heavy atom. The zero-order chi connectivity index (χ0) is 52.9. The summed E-state index contributed by atoms with van der Waals surface area (Å²) in [5, 5.41) is 0. The van der Waals surface area contributed by atoms with Crippen LogP contribution in [0.1, 0.15) is 342 Å². The van der Waals surface area contributed by atoms with Gasteiger partial charge < -0.3 is 14.2 Å². The van der Waals surface area contributed by atoms with Gasteiger partial charge in [0.1, 0.15) is 13.2 Å². The SMILES string of the molecule is CC/C=C\C/C=C\C/C=C\C/C=C\CCCCCCC(=O)OC(COC(=O)CCCCCCCCCC)COC(=O)CCCCCCCCCCCCCCCCCCCCCCCCCCCCCCCC. The van der Waals surface area contributed by atoms with Crippen molar-refractivity contribution in [3.8, 4) is 0 Å². The van der Waals surface area contributed by atoms with E-state index in [4.69, 9.17) is 14.2 Å². The number of unbranched alkanes of at least 4 members (excludes halogenated alkanes) is 40. The highest BCUT2D eigenvalue weighted by Crippen LogP contribution is 2.18. The second-order valence-corrected chi connectivity index (χ2v) is 21.7. The molecule has 0 saturated heterocycles. The zero-order valence-corrected chi connectivity index (χ0v) is 48.9. The van der Waals surface area contributed by atoms with Crippen LogP contribution in [0.4, 0.5) is 0 Å². The predicted octanol–water partition coefficient (Wildman–Crippen LogP) is 21.8. The van der Waals surface area contributed by atoms with Crippen molar-refractivity contribution in [2.24, 2.45) is 0 Å². The highest BCUT2D eigenvalue weighted by atomic mass is 16.6. The largest absolute Gasteiger partial charge is 0.462 e. The Morgan fingerprint density at radius 2 is 0.534 bits per heavy atom. The van der Waals surface area contributed by atoms with Crippen LogP contribution in [0.5, 0.6) is 0 Å². The first kappa shape index (κ1) is 70.4. The first-order chi connectivity index (χ1) is 36.0. The van der Waals surface area contributed by atoms with E-state index >= 15 is 0 Å². The number of allylic oxidation sites excluding steroid dienone is 8. The van der Waals surface area contributed by atoms with Crippen LogP contribution in [0.15, 0.2) is 48.6 Å². The molecule has 0 rings (SSSR count). The number of carbonyl (C=O) groups is 3. The zero-order valence-electron chi connectivity index (χ0n) is 48.9. The lowest BCUT2D eigenvalue weighted by molar-refractivity contribution is -0.167. The molecule has 0 spiro atoms. The van der Waals surface area contributed by atoms with Gasteiger partial charge in [0.15, 0.2) is 6.10 Å². The minimum atomic E-state index is -0.782. The second kappa shape index (κ2) is 61.9. The van der Waals surface area contributed by atoms with Gasteiger partial charge in [-0.3, -0.25) is 14.4 Å². The third-order valence-corrected chi connectivity index (χ3v) is 14.3. The fraction of sp³-hybridized carbons (Fsp3) is 0.836. The first-order valence-corrected chi connectivity index (χ1v) is 32.1. The average Bonchev–Trinajstić information content (AvgIpc) is 3.39. The van der Waals surface area contributed by atoms with Crippen molar-refractivity contribution in [3.63, 3.8) is 0 Å². The summed E-state index contributed by atoms with van der Waals surface area (Å²) in [6.45, 7) is 6.52. The van der Waals surface area contributed by atoms with Crippen molar-refractivity contribution >= 4 is 17.9 Å². The molecule has 0 aromatic heterocycles. The Kier molecular flexibility index (Phi) is 59.7. The smallest absolute Gasteiger partial charge is 0.306 e. The molecule has 0 aromatic rings. The first-order valence-electron chi connectivity index (χ1n) is 32.1. The molecule has 0 saturated carbocycles. The topological polar surface area (TPSA) is 78.9 Å². The summed E-state index contributed by atoms with van der Waals surface area (Å²) in [5.74, 6) is -0.891. The summed E-state index contributed by atoms with van der Waals surface area (Å²) in [7, 11) is 0.